The third-order valence-corrected chi connectivity index (χ3v) is 2.41. The second-order valence-electron chi connectivity index (χ2n) is 3.58. The van der Waals surface area contributed by atoms with Crippen molar-refractivity contribution in [1.29, 1.82) is 0 Å². The first-order chi connectivity index (χ1) is 8.56. The van der Waals surface area contributed by atoms with Crippen LogP contribution in [0, 0.1) is 5.92 Å². The molecule has 0 spiro atoms. The highest BCUT2D eigenvalue weighted by atomic mass is 32.1. The second kappa shape index (κ2) is 6.70. The Balaban J connectivity index is 3.07. The molecule has 0 saturated heterocycles. The van der Waals surface area contributed by atoms with Crippen molar-refractivity contribution in [1.82, 2.24) is 5.43 Å². The Bertz CT molecular complexity index is 460. The molecular weight excluding hydrogens is 250 g/mol. The van der Waals surface area contributed by atoms with Crippen molar-refractivity contribution in [2.45, 2.75) is 6.92 Å². The first-order valence-electron chi connectivity index (χ1n) is 5.32. The van der Waals surface area contributed by atoms with Gasteiger partial charge in [-0.15, -0.1) is 0 Å². The van der Waals surface area contributed by atoms with Crippen LogP contribution in [0.1, 0.15) is 12.5 Å². The van der Waals surface area contributed by atoms with Crippen molar-refractivity contribution in [3.05, 3.63) is 35.9 Å². The third kappa shape index (κ3) is 3.81. The summed E-state index contributed by atoms with van der Waals surface area (Å²) in [7, 11) is 1.34. The maximum absolute atomic E-state index is 11.6. The molecule has 0 fully saturated rings. The van der Waals surface area contributed by atoms with E-state index in [1.165, 1.54) is 7.11 Å². The van der Waals surface area contributed by atoms with E-state index in [9.17, 15) is 4.79 Å². The molecule has 0 radical (unpaired) electrons. The molecule has 1 rings (SSSR count). The van der Waals surface area contributed by atoms with Crippen LogP contribution in [0.4, 0.5) is 0 Å². The monoisotopic (exact) mass is 265 g/mol. The SMILES string of the molecule is COC(=O)C(C)C(=NNC(N)=S)c1ccccc1. The minimum atomic E-state index is -0.515. The van der Waals surface area contributed by atoms with E-state index in [1.807, 2.05) is 30.3 Å². The number of rotatable bonds is 4. The van der Waals surface area contributed by atoms with Crippen LogP contribution < -0.4 is 11.2 Å². The fraction of sp³-hybridized carbons (Fsp3) is 0.250. The largest absolute Gasteiger partial charge is 0.469 e. The summed E-state index contributed by atoms with van der Waals surface area (Å²) in [4.78, 5) is 11.6. The Morgan fingerprint density at radius 2 is 2.06 bits per heavy atom. The van der Waals surface area contributed by atoms with Gasteiger partial charge in [0.1, 0.15) is 0 Å². The summed E-state index contributed by atoms with van der Waals surface area (Å²) < 4.78 is 4.71. The number of hydrogen-bond acceptors (Lipinski definition) is 4. The summed E-state index contributed by atoms with van der Waals surface area (Å²) in [6.45, 7) is 1.71. The minimum absolute atomic E-state index is 0.0421. The van der Waals surface area contributed by atoms with Crippen LogP contribution in [-0.2, 0) is 9.53 Å². The summed E-state index contributed by atoms with van der Waals surface area (Å²) in [6, 6.07) is 9.29. The van der Waals surface area contributed by atoms with Gasteiger partial charge >= 0.3 is 5.97 Å². The van der Waals surface area contributed by atoms with Gasteiger partial charge in [-0.1, -0.05) is 30.3 Å². The highest BCUT2D eigenvalue weighted by molar-refractivity contribution is 7.80. The number of methoxy groups -OCH3 is 1. The molecule has 0 aliphatic rings. The van der Waals surface area contributed by atoms with Gasteiger partial charge in [0, 0.05) is 0 Å². The Labute approximate surface area is 111 Å². The van der Waals surface area contributed by atoms with Gasteiger partial charge in [-0.05, 0) is 24.7 Å². The molecule has 0 heterocycles. The summed E-state index contributed by atoms with van der Waals surface area (Å²) in [5.41, 5.74) is 9.15. The predicted molar refractivity (Wildman–Crippen MR) is 74.1 cm³/mol. The van der Waals surface area contributed by atoms with Crippen LogP contribution in [0.2, 0.25) is 0 Å². The molecule has 0 aromatic heterocycles. The van der Waals surface area contributed by atoms with E-state index in [1.54, 1.807) is 6.92 Å². The zero-order valence-electron chi connectivity index (χ0n) is 10.2. The molecule has 5 nitrogen and oxygen atoms in total. The van der Waals surface area contributed by atoms with E-state index in [2.05, 4.69) is 22.7 Å². The van der Waals surface area contributed by atoms with Crippen LogP contribution in [-0.4, -0.2) is 23.9 Å². The Hall–Kier alpha value is -1.95. The molecule has 96 valence electrons. The van der Waals surface area contributed by atoms with Crippen LogP contribution in [0.25, 0.3) is 0 Å². The molecular formula is C12H15N3O2S. The smallest absolute Gasteiger partial charge is 0.314 e. The van der Waals surface area contributed by atoms with E-state index in [0.29, 0.717) is 5.71 Å². The zero-order valence-corrected chi connectivity index (χ0v) is 11.0. The molecule has 1 unspecified atom stereocenters. The van der Waals surface area contributed by atoms with E-state index in [4.69, 9.17) is 10.5 Å². The maximum Gasteiger partial charge on any atom is 0.314 e. The molecule has 0 aliphatic carbocycles. The lowest BCUT2D eigenvalue weighted by Gasteiger charge is -2.13. The number of carbonyl (C=O) groups is 1. The highest BCUT2D eigenvalue weighted by Gasteiger charge is 2.21. The number of hydrazone groups is 1. The van der Waals surface area contributed by atoms with Gasteiger partial charge in [0.2, 0.25) is 0 Å². The van der Waals surface area contributed by atoms with Crippen molar-refractivity contribution >= 4 is 29.0 Å². The Kier molecular flexibility index (Phi) is 5.26. The Morgan fingerprint density at radius 1 is 1.44 bits per heavy atom. The molecule has 1 atom stereocenters. The van der Waals surface area contributed by atoms with Gasteiger partial charge in [-0.25, -0.2) is 0 Å². The van der Waals surface area contributed by atoms with E-state index >= 15 is 0 Å². The van der Waals surface area contributed by atoms with Crippen molar-refractivity contribution in [3.63, 3.8) is 0 Å². The Morgan fingerprint density at radius 3 is 2.56 bits per heavy atom. The number of hydrogen-bond donors (Lipinski definition) is 2. The van der Waals surface area contributed by atoms with Crippen LogP contribution in [0.15, 0.2) is 35.4 Å². The number of thiocarbonyl (C=S) groups is 1. The van der Waals surface area contributed by atoms with Gasteiger partial charge in [-0.2, -0.15) is 5.10 Å². The third-order valence-electron chi connectivity index (χ3n) is 2.32. The van der Waals surface area contributed by atoms with Gasteiger partial charge in [-0.3, -0.25) is 10.2 Å². The van der Waals surface area contributed by atoms with Crippen LogP contribution >= 0.6 is 12.2 Å². The minimum Gasteiger partial charge on any atom is -0.469 e. The lowest BCUT2D eigenvalue weighted by Crippen LogP contribution is -2.30. The quantitative estimate of drug-likeness (QED) is 0.368. The highest BCUT2D eigenvalue weighted by Crippen LogP contribution is 2.11. The van der Waals surface area contributed by atoms with Crippen molar-refractivity contribution < 1.29 is 9.53 Å². The number of benzene rings is 1. The number of carbonyl (C=O) groups excluding carboxylic acids is 1. The van der Waals surface area contributed by atoms with Crippen molar-refractivity contribution in [2.75, 3.05) is 7.11 Å². The average molecular weight is 265 g/mol. The van der Waals surface area contributed by atoms with Gasteiger partial charge in [0.25, 0.3) is 0 Å². The van der Waals surface area contributed by atoms with Crippen molar-refractivity contribution in [3.8, 4) is 0 Å². The van der Waals surface area contributed by atoms with Gasteiger partial charge in [0.05, 0.1) is 18.7 Å². The maximum atomic E-state index is 11.6. The predicted octanol–water partition coefficient (Wildman–Crippen LogP) is 1.03. The summed E-state index contributed by atoms with van der Waals surface area (Å²) in [5, 5.41) is 4.10. The number of nitrogens with two attached hydrogens (primary N) is 1. The molecule has 1 aromatic carbocycles. The number of nitrogens with zero attached hydrogens (tertiary/aromatic N) is 1. The number of esters is 1. The summed E-state index contributed by atoms with van der Waals surface area (Å²) in [5.74, 6) is -0.887. The average Bonchev–Trinajstić information content (AvgIpc) is 2.38. The van der Waals surface area contributed by atoms with Crippen molar-refractivity contribution in [2.24, 2.45) is 16.8 Å². The van der Waals surface area contributed by atoms with Gasteiger partial charge in [0.15, 0.2) is 5.11 Å². The topological polar surface area (TPSA) is 76.7 Å². The van der Waals surface area contributed by atoms with Crippen LogP contribution in [0.5, 0.6) is 0 Å². The molecule has 0 saturated carbocycles. The standard InChI is InChI=1S/C12H15N3O2S/c1-8(11(16)17-2)10(14-15-12(13)18)9-6-4-3-5-7-9/h3-8H,1-2H3,(H3,13,15,18). The zero-order chi connectivity index (χ0) is 13.5. The molecule has 0 bridgehead atoms. The molecule has 0 aliphatic heterocycles. The first-order valence-corrected chi connectivity index (χ1v) is 5.73. The van der Waals surface area contributed by atoms with E-state index in [0.717, 1.165) is 5.56 Å². The molecule has 18 heavy (non-hydrogen) atoms. The fourth-order valence-corrected chi connectivity index (χ4v) is 1.47. The van der Waals surface area contributed by atoms with Gasteiger partial charge < -0.3 is 10.5 Å². The number of nitrogens with one attached hydrogen (secondary N) is 1. The van der Waals surface area contributed by atoms with E-state index in [-0.39, 0.29) is 11.1 Å². The first kappa shape index (κ1) is 14.1. The molecule has 1 aromatic rings. The lowest BCUT2D eigenvalue weighted by atomic mass is 9.98. The van der Waals surface area contributed by atoms with E-state index < -0.39 is 5.92 Å². The fourth-order valence-electron chi connectivity index (χ4n) is 1.42. The number of ether oxygens (including phenoxy) is 1. The summed E-state index contributed by atoms with van der Waals surface area (Å²) in [6.07, 6.45) is 0. The second-order valence-corrected chi connectivity index (χ2v) is 4.02. The molecule has 0 amide bonds. The lowest BCUT2D eigenvalue weighted by molar-refractivity contribution is -0.142. The van der Waals surface area contributed by atoms with Crippen LogP contribution in [0.3, 0.4) is 0 Å². The summed E-state index contributed by atoms with van der Waals surface area (Å²) >= 11 is 4.69. The molecule has 3 N–H and O–H groups in total. The normalized spacial score (nSPS) is 12.7. The molecule has 6 heteroatoms.